The van der Waals surface area contributed by atoms with Gasteiger partial charge < -0.3 is 14.5 Å². The Bertz CT molecular complexity index is 803. The van der Waals surface area contributed by atoms with Gasteiger partial charge in [-0.05, 0) is 44.6 Å². The molecule has 2 aromatic rings. The molecule has 0 radical (unpaired) electrons. The molecule has 0 N–H and O–H groups in total. The lowest BCUT2D eigenvalue weighted by Crippen LogP contribution is -2.37. The minimum atomic E-state index is -0.473. The van der Waals surface area contributed by atoms with Crippen LogP contribution in [-0.2, 0) is 4.74 Å². The first-order valence-corrected chi connectivity index (χ1v) is 9.35. The van der Waals surface area contributed by atoms with E-state index in [2.05, 4.69) is 22.0 Å². The first kappa shape index (κ1) is 18.8. The van der Waals surface area contributed by atoms with Gasteiger partial charge in [0.05, 0.1) is 0 Å². The minimum absolute atomic E-state index is 0.275. The number of aromatic nitrogens is 1. The molecule has 1 aliphatic heterocycles. The Morgan fingerprint density at radius 3 is 2.85 bits per heavy atom. The lowest BCUT2D eigenvalue weighted by Gasteiger charge is -2.26. The number of benzene rings is 1. The Morgan fingerprint density at radius 2 is 2.12 bits per heavy atom. The highest BCUT2D eigenvalue weighted by Gasteiger charge is 2.28. The van der Waals surface area contributed by atoms with Gasteiger partial charge in [0.2, 0.25) is 0 Å². The van der Waals surface area contributed by atoms with E-state index >= 15 is 0 Å². The Kier molecular flexibility index (Phi) is 5.28. The molecule has 1 aliphatic rings. The van der Waals surface area contributed by atoms with E-state index in [1.807, 2.05) is 39.0 Å². The molecule has 0 aliphatic carbocycles. The van der Waals surface area contributed by atoms with Crippen molar-refractivity contribution in [2.45, 2.75) is 32.8 Å². The molecule has 1 aromatic heterocycles. The van der Waals surface area contributed by atoms with Crippen molar-refractivity contribution in [3.63, 3.8) is 0 Å². The first-order valence-electron chi connectivity index (χ1n) is 8.97. The van der Waals surface area contributed by atoms with Crippen LogP contribution in [0, 0.1) is 5.92 Å². The van der Waals surface area contributed by atoms with Crippen LogP contribution in [0.15, 0.2) is 30.3 Å². The summed E-state index contributed by atoms with van der Waals surface area (Å²) in [7, 11) is 1.79. The van der Waals surface area contributed by atoms with Crippen LogP contribution in [0.3, 0.4) is 0 Å². The second-order valence-electron chi connectivity index (χ2n) is 7.95. The fourth-order valence-corrected chi connectivity index (χ4v) is 3.56. The summed E-state index contributed by atoms with van der Waals surface area (Å²) in [5.74, 6) is 1.29. The summed E-state index contributed by atoms with van der Waals surface area (Å²) in [5, 5.41) is 2.60. The zero-order valence-corrected chi connectivity index (χ0v) is 16.6. The van der Waals surface area contributed by atoms with Crippen molar-refractivity contribution in [1.29, 1.82) is 0 Å². The van der Waals surface area contributed by atoms with Crippen molar-refractivity contribution in [2.75, 3.05) is 31.6 Å². The second kappa shape index (κ2) is 7.31. The molecule has 0 spiro atoms. The molecule has 0 saturated carbocycles. The Labute approximate surface area is 159 Å². The Balaban J connectivity index is 1.64. The van der Waals surface area contributed by atoms with Crippen molar-refractivity contribution < 1.29 is 9.53 Å². The highest BCUT2D eigenvalue weighted by molar-refractivity contribution is 6.34. The van der Waals surface area contributed by atoms with E-state index in [0.29, 0.717) is 17.6 Å². The summed E-state index contributed by atoms with van der Waals surface area (Å²) in [6, 6.07) is 10.1. The van der Waals surface area contributed by atoms with E-state index in [4.69, 9.17) is 16.3 Å². The average Bonchev–Trinajstić information content (AvgIpc) is 3.02. The molecular formula is C20H26ClN3O2. The van der Waals surface area contributed by atoms with Crippen LogP contribution in [0.1, 0.15) is 27.2 Å². The van der Waals surface area contributed by atoms with E-state index < -0.39 is 5.60 Å². The summed E-state index contributed by atoms with van der Waals surface area (Å²) in [5.41, 5.74) is -0.473. The third-order valence-corrected chi connectivity index (χ3v) is 4.82. The van der Waals surface area contributed by atoms with Crippen LogP contribution in [0.4, 0.5) is 10.6 Å². The number of fused-ring (bicyclic) bond motifs is 1. The molecule has 1 amide bonds. The van der Waals surface area contributed by atoms with Crippen LogP contribution in [0.5, 0.6) is 0 Å². The minimum Gasteiger partial charge on any atom is -0.444 e. The maximum absolute atomic E-state index is 12.1. The molecule has 3 rings (SSSR count). The summed E-state index contributed by atoms with van der Waals surface area (Å²) < 4.78 is 5.43. The first-order chi connectivity index (χ1) is 12.2. The molecule has 26 heavy (non-hydrogen) atoms. The van der Waals surface area contributed by atoms with Gasteiger partial charge in [0.1, 0.15) is 16.6 Å². The zero-order valence-electron chi connectivity index (χ0n) is 15.8. The SMILES string of the molecule is CN(CC1CCN(c2cc3ccccc3c(Cl)n2)C1)C(=O)OC(C)(C)C. The number of hydrogen-bond donors (Lipinski definition) is 0. The fourth-order valence-electron chi connectivity index (χ4n) is 3.30. The maximum atomic E-state index is 12.1. The highest BCUT2D eigenvalue weighted by Crippen LogP contribution is 2.29. The molecule has 1 unspecified atom stereocenters. The van der Waals surface area contributed by atoms with Gasteiger partial charge in [0, 0.05) is 32.1 Å². The fraction of sp³-hybridized carbons (Fsp3) is 0.500. The summed E-state index contributed by atoms with van der Waals surface area (Å²) in [4.78, 5) is 20.6. The number of ether oxygens (including phenoxy) is 1. The number of anilines is 1. The van der Waals surface area contributed by atoms with E-state index in [1.54, 1.807) is 11.9 Å². The molecule has 6 heteroatoms. The molecule has 140 valence electrons. The van der Waals surface area contributed by atoms with Gasteiger partial charge >= 0.3 is 6.09 Å². The van der Waals surface area contributed by atoms with Gasteiger partial charge in [-0.3, -0.25) is 0 Å². The van der Waals surface area contributed by atoms with Crippen LogP contribution in [0.25, 0.3) is 10.8 Å². The number of halogens is 1. The number of carbonyl (C=O) groups excluding carboxylic acids is 1. The monoisotopic (exact) mass is 375 g/mol. The number of rotatable bonds is 3. The van der Waals surface area contributed by atoms with Crippen LogP contribution in [-0.4, -0.2) is 48.3 Å². The van der Waals surface area contributed by atoms with Gasteiger partial charge in [-0.15, -0.1) is 0 Å². The molecule has 2 heterocycles. The second-order valence-corrected chi connectivity index (χ2v) is 8.31. The van der Waals surface area contributed by atoms with E-state index in [-0.39, 0.29) is 6.09 Å². The van der Waals surface area contributed by atoms with Crippen molar-refractivity contribution in [1.82, 2.24) is 9.88 Å². The van der Waals surface area contributed by atoms with Crippen molar-refractivity contribution >= 4 is 34.3 Å². The lowest BCUT2D eigenvalue weighted by atomic mass is 10.1. The topological polar surface area (TPSA) is 45.7 Å². The third kappa shape index (κ3) is 4.39. The van der Waals surface area contributed by atoms with E-state index in [9.17, 15) is 4.79 Å². The smallest absolute Gasteiger partial charge is 0.410 e. The van der Waals surface area contributed by atoms with Crippen LogP contribution >= 0.6 is 11.6 Å². The highest BCUT2D eigenvalue weighted by atomic mass is 35.5. The number of nitrogens with zero attached hydrogens (tertiary/aromatic N) is 3. The van der Waals surface area contributed by atoms with E-state index in [1.165, 1.54) is 0 Å². The van der Waals surface area contributed by atoms with Gasteiger partial charge in [-0.1, -0.05) is 35.9 Å². The quantitative estimate of drug-likeness (QED) is 0.736. The standard InChI is InChI=1S/C20H26ClN3O2/c1-20(2,3)26-19(25)23(4)12-14-9-10-24(13-14)17-11-15-7-5-6-8-16(15)18(21)22-17/h5-8,11,14H,9-10,12-13H2,1-4H3. The van der Waals surface area contributed by atoms with Crippen molar-refractivity contribution in [3.05, 3.63) is 35.5 Å². The van der Waals surface area contributed by atoms with Crippen molar-refractivity contribution in [2.24, 2.45) is 5.92 Å². The molecule has 1 atom stereocenters. The zero-order chi connectivity index (χ0) is 18.9. The number of hydrogen-bond acceptors (Lipinski definition) is 4. The third-order valence-electron chi connectivity index (χ3n) is 4.53. The predicted octanol–water partition coefficient (Wildman–Crippen LogP) is 4.58. The number of pyridine rings is 1. The predicted molar refractivity (Wildman–Crippen MR) is 106 cm³/mol. The Hall–Kier alpha value is -2.01. The van der Waals surface area contributed by atoms with Gasteiger partial charge in [-0.25, -0.2) is 9.78 Å². The molecule has 1 saturated heterocycles. The number of amides is 1. The van der Waals surface area contributed by atoms with E-state index in [0.717, 1.165) is 36.1 Å². The lowest BCUT2D eigenvalue weighted by molar-refractivity contribution is 0.0277. The Morgan fingerprint density at radius 1 is 1.38 bits per heavy atom. The molecule has 1 fully saturated rings. The normalized spacial score (nSPS) is 17.6. The molecular weight excluding hydrogens is 350 g/mol. The molecule has 0 bridgehead atoms. The summed E-state index contributed by atoms with van der Waals surface area (Å²) in [6.07, 6.45) is 0.738. The molecule has 5 nitrogen and oxygen atoms in total. The maximum Gasteiger partial charge on any atom is 0.410 e. The van der Waals surface area contributed by atoms with Gasteiger partial charge in [0.15, 0.2) is 0 Å². The van der Waals surface area contributed by atoms with Gasteiger partial charge in [0.25, 0.3) is 0 Å². The number of carbonyl (C=O) groups is 1. The summed E-state index contributed by atoms with van der Waals surface area (Å²) >= 11 is 6.36. The largest absolute Gasteiger partial charge is 0.444 e. The van der Waals surface area contributed by atoms with Crippen LogP contribution < -0.4 is 4.90 Å². The van der Waals surface area contributed by atoms with Gasteiger partial charge in [-0.2, -0.15) is 0 Å². The van der Waals surface area contributed by atoms with Crippen LogP contribution in [0.2, 0.25) is 5.15 Å². The molecule has 1 aromatic carbocycles. The average molecular weight is 376 g/mol. The summed E-state index contributed by atoms with van der Waals surface area (Å²) in [6.45, 7) is 8.08. The van der Waals surface area contributed by atoms with Crippen molar-refractivity contribution in [3.8, 4) is 0 Å².